The highest BCUT2D eigenvalue weighted by Crippen LogP contribution is 2.23. The molecule has 1 aliphatic heterocycles. The first-order chi connectivity index (χ1) is 15.8. The highest BCUT2D eigenvalue weighted by atomic mass is 79.9. The minimum absolute atomic E-state index is 0.132. The number of piperidine rings is 1. The molecular weight excluding hydrogens is 490 g/mol. The molecule has 0 unspecified atom stereocenters. The number of aromatic nitrogens is 3. The van der Waals surface area contributed by atoms with E-state index in [0.717, 1.165) is 38.0 Å². The van der Waals surface area contributed by atoms with Gasteiger partial charge in [0.25, 0.3) is 0 Å². The Morgan fingerprint density at radius 1 is 1.33 bits per heavy atom. The van der Waals surface area contributed by atoms with Crippen LogP contribution < -0.4 is 22.5 Å². The standard InChI is InChI=1S/C21H28BrN9O2/c1-3-33-20(32)15-10-13(4-7-26-15)11-31-8-5-14(6-9-31)28-21(25)27-12(2)16-18(23)30-19(24)17(22)29-16/h4,7,10,14H,2-3,5-6,8-9,11H2,1H3,(H4,23,24,30)(H3,25,27,28). The molecule has 176 valence electrons. The van der Waals surface area contributed by atoms with E-state index in [9.17, 15) is 4.79 Å². The summed E-state index contributed by atoms with van der Waals surface area (Å²) in [4.78, 5) is 30.8. The third kappa shape index (κ3) is 6.62. The molecule has 0 amide bonds. The Balaban J connectivity index is 1.52. The van der Waals surface area contributed by atoms with Crippen LogP contribution in [0.15, 0.2) is 34.5 Å². The minimum Gasteiger partial charge on any atom is -0.461 e. The average Bonchev–Trinajstić information content (AvgIpc) is 2.78. The summed E-state index contributed by atoms with van der Waals surface area (Å²) >= 11 is 3.22. The molecule has 3 rings (SSSR count). The summed E-state index contributed by atoms with van der Waals surface area (Å²) in [6.07, 6.45) is 3.40. The maximum Gasteiger partial charge on any atom is 0.356 e. The number of aliphatic imine (C=N–C) groups is 1. The second-order valence-corrected chi connectivity index (χ2v) is 8.29. The fourth-order valence-electron chi connectivity index (χ4n) is 3.48. The van der Waals surface area contributed by atoms with Gasteiger partial charge in [-0.05, 0) is 53.4 Å². The molecule has 7 N–H and O–H groups in total. The molecule has 2 aromatic heterocycles. The van der Waals surface area contributed by atoms with Gasteiger partial charge in [0.15, 0.2) is 17.6 Å². The topological polar surface area (TPSA) is 171 Å². The molecular formula is C21H28BrN9O2. The molecule has 0 bridgehead atoms. The van der Waals surface area contributed by atoms with Gasteiger partial charge in [-0.25, -0.2) is 24.7 Å². The second kappa shape index (κ2) is 11.1. The van der Waals surface area contributed by atoms with E-state index in [1.165, 1.54) is 0 Å². The number of rotatable bonds is 7. The number of carbonyl (C=O) groups excluding carboxylic acids is 1. The van der Waals surface area contributed by atoms with E-state index in [-0.39, 0.29) is 23.6 Å². The number of guanidine groups is 1. The van der Waals surface area contributed by atoms with Crippen LogP contribution in [0.25, 0.3) is 5.70 Å². The first-order valence-corrected chi connectivity index (χ1v) is 11.3. The van der Waals surface area contributed by atoms with Gasteiger partial charge in [0.2, 0.25) is 0 Å². The van der Waals surface area contributed by atoms with Crippen molar-refractivity contribution < 1.29 is 9.53 Å². The smallest absolute Gasteiger partial charge is 0.356 e. The van der Waals surface area contributed by atoms with Crippen molar-refractivity contribution in [2.24, 2.45) is 10.7 Å². The van der Waals surface area contributed by atoms with Gasteiger partial charge in [-0.1, -0.05) is 6.58 Å². The van der Waals surface area contributed by atoms with Crippen LogP contribution >= 0.6 is 15.9 Å². The maximum atomic E-state index is 11.9. The van der Waals surface area contributed by atoms with Gasteiger partial charge in [-0.2, -0.15) is 0 Å². The molecule has 0 aromatic carbocycles. The normalized spacial score (nSPS) is 15.3. The summed E-state index contributed by atoms with van der Waals surface area (Å²) < 4.78 is 5.39. The lowest BCUT2D eigenvalue weighted by Crippen LogP contribution is -2.46. The second-order valence-electron chi connectivity index (χ2n) is 7.54. The number of nitrogen functional groups attached to an aromatic ring is 2. The molecule has 0 aliphatic carbocycles. The number of halogens is 1. The average molecular weight is 518 g/mol. The number of carbonyl (C=O) groups is 1. The van der Waals surface area contributed by atoms with Gasteiger partial charge in [0.05, 0.1) is 12.3 Å². The summed E-state index contributed by atoms with van der Waals surface area (Å²) in [5.74, 6) is 0.154. The van der Waals surface area contributed by atoms with Gasteiger partial charge in [-0.15, -0.1) is 0 Å². The Hall–Kier alpha value is -3.25. The molecule has 0 atom stereocenters. The van der Waals surface area contributed by atoms with Crippen LogP contribution in [0, 0.1) is 0 Å². The van der Waals surface area contributed by atoms with Gasteiger partial charge >= 0.3 is 5.97 Å². The number of likely N-dealkylation sites (tertiary alicyclic amines) is 1. The molecule has 0 radical (unpaired) electrons. The zero-order valence-electron chi connectivity index (χ0n) is 18.4. The van der Waals surface area contributed by atoms with Crippen molar-refractivity contribution in [1.29, 1.82) is 0 Å². The Morgan fingerprint density at radius 2 is 2.06 bits per heavy atom. The maximum absolute atomic E-state index is 11.9. The van der Waals surface area contributed by atoms with E-state index >= 15 is 0 Å². The molecule has 33 heavy (non-hydrogen) atoms. The molecule has 12 heteroatoms. The molecule has 11 nitrogen and oxygen atoms in total. The number of hydrogen-bond acceptors (Lipinski definition) is 9. The van der Waals surface area contributed by atoms with Crippen LogP contribution in [-0.2, 0) is 11.3 Å². The van der Waals surface area contributed by atoms with E-state index in [1.807, 2.05) is 6.07 Å². The Kier molecular flexibility index (Phi) is 8.17. The van der Waals surface area contributed by atoms with Crippen molar-refractivity contribution >= 4 is 45.2 Å². The number of nitrogens with one attached hydrogen (secondary N) is 1. The van der Waals surface area contributed by atoms with Crippen LogP contribution in [0.2, 0.25) is 0 Å². The highest BCUT2D eigenvalue weighted by molar-refractivity contribution is 9.10. The fraction of sp³-hybridized carbons (Fsp3) is 0.381. The number of ether oxygens (including phenoxy) is 1. The summed E-state index contributed by atoms with van der Waals surface area (Å²) in [5.41, 5.74) is 19.6. The van der Waals surface area contributed by atoms with Crippen molar-refractivity contribution in [2.45, 2.75) is 32.4 Å². The van der Waals surface area contributed by atoms with Crippen molar-refractivity contribution in [3.63, 3.8) is 0 Å². The molecule has 2 aromatic rings. The van der Waals surface area contributed by atoms with E-state index in [0.29, 0.717) is 28.3 Å². The monoisotopic (exact) mass is 517 g/mol. The first-order valence-electron chi connectivity index (χ1n) is 10.5. The fourth-order valence-corrected chi connectivity index (χ4v) is 3.74. The van der Waals surface area contributed by atoms with E-state index in [2.05, 4.69) is 52.7 Å². The molecule has 3 heterocycles. The molecule has 0 spiro atoms. The van der Waals surface area contributed by atoms with Gasteiger partial charge in [0.1, 0.15) is 16.0 Å². The van der Waals surface area contributed by atoms with E-state index < -0.39 is 5.97 Å². The van der Waals surface area contributed by atoms with Gasteiger partial charge in [-0.3, -0.25) is 4.90 Å². The summed E-state index contributed by atoms with van der Waals surface area (Å²) in [6, 6.07) is 3.86. The van der Waals surface area contributed by atoms with Crippen LogP contribution in [0.3, 0.4) is 0 Å². The summed E-state index contributed by atoms with van der Waals surface area (Å²) in [7, 11) is 0. The van der Waals surface area contributed by atoms with Crippen LogP contribution in [0.4, 0.5) is 11.6 Å². The lowest BCUT2D eigenvalue weighted by molar-refractivity contribution is 0.0519. The van der Waals surface area contributed by atoms with E-state index in [1.54, 1.807) is 19.2 Å². The molecule has 0 saturated carbocycles. The third-order valence-corrected chi connectivity index (χ3v) is 5.67. The predicted molar refractivity (Wildman–Crippen MR) is 131 cm³/mol. The van der Waals surface area contributed by atoms with Crippen LogP contribution in [0.1, 0.15) is 41.5 Å². The Morgan fingerprint density at radius 3 is 2.76 bits per heavy atom. The molecule has 1 aliphatic rings. The largest absolute Gasteiger partial charge is 0.461 e. The Labute approximate surface area is 200 Å². The third-order valence-electron chi connectivity index (χ3n) is 5.09. The summed E-state index contributed by atoms with van der Waals surface area (Å²) in [5, 5.41) is 3.23. The highest BCUT2D eigenvalue weighted by Gasteiger charge is 2.20. The SMILES string of the molecule is C=C(/N=C(\N)NC1CCN(Cc2ccnc(C(=O)OCC)c2)CC1)c1nc(Br)c(N)nc1N. The number of pyridine rings is 1. The quantitative estimate of drug-likeness (QED) is 0.239. The van der Waals surface area contributed by atoms with Crippen LogP contribution in [-0.4, -0.2) is 57.5 Å². The van der Waals surface area contributed by atoms with Gasteiger partial charge < -0.3 is 27.3 Å². The van der Waals surface area contributed by atoms with Gasteiger partial charge in [0, 0.05) is 31.9 Å². The Bertz CT molecular complexity index is 1050. The zero-order chi connectivity index (χ0) is 24.0. The van der Waals surface area contributed by atoms with Crippen molar-refractivity contribution in [3.05, 3.63) is 46.5 Å². The molecule has 1 fully saturated rings. The van der Waals surface area contributed by atoms with Crippen LogP contribution in [0.5, 0.6) is 0 Å². The number of nitrogens with zero attached hydrogens (tertiary/aromatic N) is 5. The number of esters is 1. The zero-order valence-corrected chi connectivity index (χ0v) is 20.0. The van der Waals surface area contributed by atoms with Crippen molar-refractivity contribution in [1.82, 2.24) is 25.2 Å². The van der Waals surface area contributed by atoms with Crippen molar-refractivity contribution in [2.75, 3.05) is 31.2 Å². The predicted octanol–water partition coefficient (Wildman–Crippen LogP) is 1.51. The summed E-state index contributed by atoms with van der Waals surface area (Å²) in [6.45, 7) is 8.44. The number of nitrogens with two attached hydrogens (primary N) is 3. The first kappa shape index (κ1) is 24.4. The lowest BCUT2D eigenvalue weighted by Gasteiger charge is -2.32. The number of hydrogen-bond donors (Lipinski definition) is 4. The lowest BCUT2D eigenvalue weighted by atomic mass is 10.0. The van der Waals surface area contributed by atoms with Crippen molar-refractivity contribution in [3.8, 4) is 0 Å². The van der Waals surface area contributed by atoms with E-state index in [4.69, 9.17) is 21.9 Å². The molecule has 1 saturated heterocycles. The number of anilines is 2. The minimum atomic E-state index is -0.405.